The summed E-state index contributed by atoms with van der Waals surface area (Å²) in [6.45, 7) is 1.68. The summed E-state index contributed by atoms with van der Waals surface area (Å²) in [6.07, 6.45) is 3.27. The molecule has 0 radical (unpaired) electrons. The Kier molecular flexibility index (Phi) is 16.9. The first-order chi connectivity index (χ1) is 30.5. The van der Waals surface area contributed by atoms with Crippen LogP contribution in [0, 0.1) is 0 Å². The van der Waals surface area contributed by atoms with Crippen LogP contribution in [0.5, 0.6) is 0 Å². The maximum absolute atomic E-state index is 13.3. The minimum absolute atomic E-state index is 0.107. The number of hydrogen-bond acceptors (Lipinski definition) is 11. The van der Waals surface area contributed by atoms with Crippen molar-refractivity contribution in [3.8, 4) is 11.1 Å². The fourth-order valence-corrected chi connectivity index (χ4v) is 8.98. The number of piperazine rings is 1. The number of hydrogen-bond donors (Lipinski definition) is 6. The number of benzene rings is 2. The monoisotopic (exact) mass is 874 g/mol. The number of rotatable bonds is 21. The minimum Gasteiger partial charge on any atom is -0.448 e. The second-order valence-electron chi connectivity index (χ2n) is 16.7. The van der Waals surface area contributed by atoms with Crippen molar-refractivity contribution >= 4 is 41.5 Å². The molecule has 3 heterocycles. The van der Waals surface area contributed by atoms with Crippen LogP contribution in [0.15, 0.2) is 48.5 Å². The Morgan fingerprint density at radius 1 is 0.714 bits per heavy atom. The van der Waals surface area contributed by atoms with E-state index in [1.807, 2.05) is 36.4 Å². The molecule has 6 rings (SSSR count). The van der Waals surface area contributed by atoms with E-state index in [1.165, 1.54) is 24.0 Å². The maximum atomic E-state index is 13.3. The first-order valence-electron chi connectivity index (χ1n) is 22.1. The molecule has 0 aromatic heterocycles. The summed E-state index contributed by atoms with van der Waals surface area (Å²) in [5, 5.41) is 14.3. The average molecular weight is 875 g/mol. The van der Waals surface area contributed by atoms with E-state index in [4.69, 9.17) is 19.9 Å². The molecule has 2 unspecified atom stereocenters. The number of carbonyl (C=O) groups excluding carboxylic acids is 7. The van der Waals surface area contributed by atoms with Crippen LogP contribution in [-0.4, -0.2) is 148 Å². The lowest BCUT2D eigenvalue weighted by atomic mass is 9.98. The first kappa shape index (κ1) is 46.9. The molecule has 0 spiro atoms. The third kappa shape index (κ3) is 12.1. The standard InChI is InChI=1S/C45H62N8O10/c1-61-21-17-39(54)49-29-24-38(52(26-29)40(55)18-22-62-2)44(59)48-20-10-8-16-36-42(57)50-35(41(56)51-36)15-7-9-19-47-43(58)37-23-28(46)25-53(37)45(60)63-27-34-32-13-5-3-11-30(32)31-12-4-6-14-33(31)34/h3-6,11-14,28-29,34-38H,7-10,15-27,46H2,1-2H3,(H,47,58)(H,48,59)(H,49,54)(H,50,57)(H,51,56)/t28-,29-,35?,36?,37+,38+/m0/s1. The maximum Gasteiger partial charge on any atom is 0.410 e. The lowest BCUT2D eigenvalue weighted by Crippen LogP contribution is -2.61. The van der Waals surface area contributed by atoms with E-state index in [0.29, 0.717) is 58.0 Å². The third-order valence-corrected chi connectivity index (χ3v) is 12.3. The minimum atomic E-state index is -0.758. The molecule has 18 heteroatoms. The molecule has 0 saturated carbocycles. The number of ether oxygens (including phenoxy) is 3. The number of nitrogens with two attached hydrogens (primary N) is 1. The zero-order valence-corrected chi connectivity index (χ0v) is 36.2. The van der Waals surface area contributed by atoms with Crippen LogP contribution in [-0.2, 0) is 43.0 Å². The zero-order valence-electron chi connectivity index (χ0n) is 36.2. The predicted octanol–water partition coefficient (Wildman–Crippen LogP) is 1.05. The second kappa shape index (κ2) is 22.7. The topological polar surface area (TPSA) is 240 Å². The SMILES string of the molecule is COCCC(=O)N[C@H]1C[C@H](C(=O)NCCCCC2NC(=O)C(CCCCNC(=O)[C@H]3C[C@H](N)CN3C(=O)OCC3c4ccccc4-c4ccccc43)NC2=O)N(C(=O)CCOC)C1. The van der Waals surface area contributed by atoms with Gasteiger partial charge in [-0.1, -0.05) is 48.5 Å². The van der Waals surface area contributed by atoms with Gasteiger partial charge in [0.15, 0.2) is 0 Å². The van der Waals surface area contributed by atoms with E-state index in [1.54, 1.807) is 0 Å². The largest absolute Gasteiger partial charge is 0.448 e. The molecule has 7 N–H and O–H groups in total. The van der Waals surface area contributed by atoms with Crippen molar-refractivity contribution in [1.29, 1.82) is 0 Å². The number of carbonyl (C=O) groups is 7. The molecule has 18 nitrogen and oxygen atoms in total. The lowest BCUT2D eigenvalue weighted by molar-refractivity contribution is -0.139. The molecule has 1 aliphatic carbocycles. The Hall–Kier alpha value is -5.59. The zero-order chi connectivity index (χ0) is 44.9. The van der Waals surface area contributed by atoms with Crippen molar-refractivity contribution in [3.63, 3.8) is 0 Å². The highest BCUT2D eigenvalue weighted by molar-refractivity contribution is 5.97. The van der Waals surface area contributed by atoms with E-state index in [0.717, 1.165) is 22.3 Å². The number of likely N-dealkylation sites (tertiary alicyclic amines) is 2. The number of unbranched alkanes of at least 4 members (excludes halogenated alkanes) is 2. The Bertz CT molecular complexity index is 1920. The predicted molar refractivity (Wildman–Crippen MR) is 231 cm³/mol. The molecular formula is C45H62N8O10. The van der Waals surface area contributed by atoms with Gasteiger partial charge in [0.05, 0.1) is 19.6 Å². The number of methoxy groups -OCH3 is 2. The molecule has 3 fully saturated rings. The van der Waals surface area contributed by atoms with E-state index < -0.39 is 30.3 Å². The lowest BCUT2D eigenvalue weighted by Gasteiger charge is -2.29. The van der Waals surface area contributed by atoms with Gasteiger partial charge in [-0.3, -0.25) is 33.7 Å². The van der Waals surface area contributed by atoms with Gasteiger partial charge in [0, 0.05) is 64.8 Å². The van der Waals surface area contributed by atoms with Crippen LogP contribution < -0.4 is 32.3 Å². The van der Waals surface area contributed by atoms with Gasteiger partial charge in [-0.05, 0) is 73.6 Å². The molecule has 2 aromatic rings. The summed E-state index contributed by atoms with van der Waals surface area (Å²) in [4.78, 5) is 93.6. The number of nitrogens with one attached hydrogen (secondary N) is 5. The summed E-state index contributed by atoms with van der Waals surface area (Å²) in [7, 11) is 3.00. The van der Waals surface area contributed by atoms with Crippen LogP contribution in [0.25, 0.3) is 11.1 Å². The van der Waals surface area contributed by atoms with E-state index >= 15 is 0 Å². The van der Waals surface area contributed by atoms with Crippen molar-refractivity contribution in [2.75, 3.05) is 60.2 Å². The van der Waals surface area contributed by atoms with Gasteiger partial charge in [-0.25, -0.2) is 4.79 Å². The van der Waals surface area contributed by atoms with Crippen LogP contribution in [0.2, 0.25) is 0 Å². The quantitative estimate of drug-likeness (QED) is 0.0970. The molecule has 3 saturated heterocycles. The Labute approximate surface area is 368 Å². The van der Waals surface area contributed by atoms with Gasteiger partial charge in [-0.15, -0.1) is 0 Å². The number of fused-ring (bicyclic) bond motifs is 3. The Morgan fingerprint density at radius 2 is 1.25 bits per heavy atom. The van der Waals surface area contributed by atoms with E-state index in [9.17, 15) is 33.6 Å². The summed E-state index contributed by atoms with van der Waals surface area (Å²) in [5.74, 6) is -1.75. The van der Waals surface area contributed by atoms with Crippen molar-refractivity contribution in [1.82, 2.24) is 36.4 Å². The van der Waals surface area contributed by atoms with Crippen LogP contribution in [0.3, 0.4) is 0 Å². The Morgan fingerprint density at radius 3 is 1.83 bits per heavy atom. The van der Waals surface area contributed by atoms with Crippen LogP contribution in [0.4, 0.5) is 4.79 Å². The van der Waals surface area contributed by atoms with E-state index in [-0.39, 0.29) is 106 Å². The summed E-state index contributed by atoms with van der Waals surface area (Å²) < 4.78 is 15.8. The second-order valence-corrected chi connectivity index (χ2v) is 16.7. The van der Waals surface area contributed by atoms with E-state index in [2.05, 4.69) is 38.7 Å². The molecule has 0 bridgehead atoms. The third-order valence-electron chi connectivity index (χ3n) is 12.3. The van der Waals surface area contributed by atoms with Gasteiger partial charge >= 0.3 is 6.09 Å². The van der Waals surface area contributed by atoms with Gasteiger partial charge in [0.2, 0.25) is 35.4 Å². The average Bonchev–Trinajstić information content (AvgIpc) is 3.98. The first-order valence-corrected chi connectivity index (χ1v) is 22.1. The molecule has 3 aliphatic heterocycles. The van der Waals surface area contributed by atoms with Gasteiger partial charge in [-0.2, -0.15) is 0 Å². The molecular weight excluding hydrogens is 813 g/mol. The van der Waals surface area contributed by atoms with Crippen LogP contribution >= 0.6 is 0 Å². The summed E-state index contributed by atoms with van der Waals surface area (Å²) >= 11 is 0. The number of nitrogens with zero attached hydrogens (tertiary/aromatic N) is 2. The fraction of sp³-hybridized carbons (Fsp3) is 0.578. The van der Waals surface area contributed by atoms with Gasteiger partial charge in [0.1, 0.15) is 30.8 Å². The highest BCUT2D eigenvalue weighted by atomic mass is 16.6. The van der Waals surface area contributed by atoms with Crippen molar-refractivity contribution in [3.05, 3.63) is 59.7 Å². The molecule has 63 heavy (non-hydrogen) atoms. The molecule has 7 amide bonds. The molecule has 2 aromatic carbocycles. The highest BCUT2D eigenvalue weighted by Gasteiger charge is 2.41. The summed E-state index contributed by atoms with van der Waals surface area (Å²) in [5.41, 5.74) is 10.7. The normalized spacial score (nSPS) is 22.8. The van der Waals surface area contributed by atoms with Crippen molar-refractivity contribution in [2.45, 2.75) is 106 Å². The fourth-order valence-electron chi connectivity index (χ4n) is 8.98. The van der Waals surface area contributed by atoms with Gasteiger partial charge < -0.3 is 51.4 Å². The number of amides is 7. The van der Waals surface area contributed by atoms with Crippen molar-refractivity contribution < 1.29 is 47.8 Å². The highest BCUT2D eigenvalue weighted by Crippen LogP contribution is 2.44. The van der Waals surface area contributed by atoms with Crippen LogP contribution in [0.1, 0.15) is 81.3 Å². The Balaban J connectivity index is 0.859. The molecule has 4 aliphatic rings. The van der Waals surface area contributed by atoms with Crippen molar-refractivity contribution in [2.24, 2.45) is 5.73 Å². The smallest absolute Gasteiger partial charge is 0.410 e. The summed E-state index contributed by atoms with van der Waals surface area (Å²) in [6, 6.07) is 12.5. The van der Waals surface area contributed by atoms with Gasteiger partial charge in [0.25, 0.3) is 0 Å². The molecule has 6 atom stereocenters. The molecule has 342 valence electrons.